The second-order valence-electron chi connectivity index (χ2n) is 8.59. The molecular weight excluding hydrogens is 456 g/mol. The van der Waals surface area contributed by atoms with Crippen LogP contribution < -0.4 is 10.7 Å². The molecule has 4 nitrogen and oxygen atoms in total. The fourth-order valence-corrected chi connectivity index (χ4v) is 4.79. The molecule has 0 aliphatic heterocycles. The number of hydrogen-bond acceptors (Lipinski definition) is 2. The zero-order valence-corrected chi connectivity index (χ0v) is 21.2. The van der Waals surface area contributed by atoms with Crippen LogP contribution in [0, 0.1) is 13.8 Å². The Kier molecular flexibility index (Phi) is 7.23. The molecule has 0 atom stereocenters. The Morgan fingerprint density at radius 3 is 2.14 bits per heavy atom. The molecule has 0 aliphatic carbocycles. The number of nitrogens with zero attached hydrogens (tertiary/aromatic N) is 1. The molecule has 1 amide bonds. The van der Waals surface area contributed by atoms with Crippen molar-refractivity contribution in [2.45, 2.75) is 40.5 Å². The zero-order chi connectivity index (χ0) is 25.1. The minimum Gasteiger partial charge on any atom is -0.321 e. The van der Waals surface area contributed by atoms with Gasteiger partial charge in [0.2, 0.25) is 0 Å². The lowest BCUT2D eigenvalue weighted by Crippen LogP contribution is -2.27. The van der Waals surface area contributed by atoms with Crippen LogP contribution in [0.25, 0.3) is 16.9 Å². The van der Waals surface area contributed by atoms with E-state index in [0.29, 0.717) is 16.3 Å². The van der Waals surface area contributed by atoms with Crippen LogP contribution in [-0.2, 0) is 12.8 Å². The molecule has 1 heterocycles. The summed E-state index contributed by atoms with van der Waals surface area (Å²) in [6.45, 7) is 7.98. The largest absolute Gasteiger partial charge is 0.321 e. The maximum atomic E-state index is 13.9. The summed E-state index contributed by atoms with van der Waals surface area (Å²) >= 11 is 6.65. The Hall–Kier alpha value is -3.63. The van der Waals surface area contributed by atoms with Crippen LogP contribution in [-0.4, -0.2) is 10.5 Å². The molecule has 4 aromatic rings. The molecule has 178 valence electrons. The van der Waals surface area contributed by atoms with Crippen molar-refractivity contribution >= 4 is 23.2 Å². The van der Waals surface area contributed by atoms with Gasteiger partial charge in [-0.25, -0.2) is 0 Å². The van der Waals surface area contributed by atoms with Crippen LogP contribution in [0.3, 0.4) is 0 Å². The number of nitrogens with one attached hydrogen (secondary N) is 1. The molecule has 0 fully saturated rings. The molecule has 5 heteroatoms. The van der Waals surface area contributed by atoms with Crippen molar-refractivity contribution in [3.8, 4) is 16.9 Å². The van der Waals surface area contributed by atoms with Crippen molar-refractivity contribution in [2.75, 3.05) is 5.32 Å². The van der Waals surface area contributed by atoms with Gasteiger partial charge in [-0.3, -0.25) is 9.59 Å². The number of pyridine rings is 1. The number of carbonyl (C=O) groups excluding carboxylic acids is 1. The van der Waals surface area contributed by atoms with E-state index in [-0.39, 0.29) is 11.0 Å². The molecule has 0 saturated heterocycles. The molecule has 0 spiro atoms. The van der Waals surface area contributed by atoms with Crippen LogP contribution >= 0.6 is 11.6 Å². The van der Waals surface area contributed by atoms with E-state index in [2.05, 4.69) is 19.2 Å². The monoisotopic (exact) mass is 484 g/mol. The first-order valence-corrected chi connectivity index (χ1v) is 12.2. The highest BCUT2D eigenvalue weighted by Crippen LogP contribution is 2.34. The molecule has 0 radical (unpaired) electrons. The number of para-hydroxylation sites is 2. The van der Waals surface area contributed by atoms with Crippen molar-refractivity contribution in [3.05, 3.63) is 116 Å². The summed E-state index contributed by atoms with van der Waals surface area (Å²) in [5.41, 5.74) is 6.30. The summed E-state index contributed by atoms with van der Waals surface area (Å²) in [6, 6.07) is 22.7. The smallest absolute Gasteiger partial charge is 0.261 e. The lowest BCUT2D eigenvalue weighted by atomic mass is 9.99. The van der Waals surface area contributed by atoms with Gasteiger partial charge in [0.15, 0.2) is 5.43 Å². The van der Waals surface area contributed by atoms with Crippen LogP contribution in [0.2, 0.25) is 5.02 Å². The van der Waals surface area contributed by atoms with Crippen LogP contribution in [0.15, 0.2) is 77.6 Å². The molecule has 0 bridgehead atoms. The number of amides is 1. The quantitative estimate of drug-likeness (QED) is 0.316. The van der Waals surface area contributed by atoms with Gasteiger partial charge in [0.1, 0.15) is 5.56 Å². The average molecular weight is 485 g/mol. The Balaban J connectivity index is 2.03. The number of aryl methyl sites for hydroxylation is 4. The third-order valence-electron chi connectivity index (χ3n) is 6.35. The van der Waals surface area contributed by atoms with E-state index in [0.717, 1.165) is 46.6 Å². The van der Waals surface area contributed by atoms with Crippen molar-refractivity contribution < 1.29 is 4.79 Å². The maximum absolute atomic E-state index is 13.9. The van der Waals surface area contributed by atoms with E-state index in [1.165, 1.54) is 6.07 Å². The molecule has 0 aliphatic rings. The van der Waals surface area contributed by atoms with E-state index in [4.69, 9.17) is 11.6 Å². The minimum atomic E-state index is -0.442. The summed E-state index contributed by atoms with van der Waals surface area (Å²) in [5.74, 6) is -0.442. The second kappa shape index (κ2) is 10.3. The molecule has 1 N–H and O–H groups in total. The average Bonchev–Trinajstić information content (AvgIpc) is 2.84. The van der Waals surface area contributed by atoms with E-state index in [1.54, 1.807) is 6.07 Å². The van der Waals surface area contributed by atoms with Crippen molar-refractivity contribution in [2.24, 2.45) is 0 Å². The predicted octanol–water partition coefficient (Wildman–Crippen LogP) is 7.15. The van der Waals surface area contributed by atoms with Crippen LogP contribution in [0.1, 0.15) is 46.6 Å². The highest BCUT2D eigenvalue weighted by Gasteiger charge is 2.25. The third kappa shape index (κ3) is 4.67. The van der Waals surface area contributed by atoms with Gasteiger partial charge in [-0.05, 0) is 55.5 Å². The van der Waals surface area contributed by atoms with Crippen LogP contribution in [0.4, 0.5) is 5.69 Å². The lowest BCUT2D eigenvalue weighted by molar-refractivity contribution is 0.102. The Morgan fingerprint density at radius 1 is 0.886 bits per heavy atom. The molecule has 0 unspecified atom stereocenters. The normalized spacial score (nSPS) is 10.9. The number of halogens is 1. The Bertz CT molecular complexity index is 1450. The van der Waals surface area contributed by atoms with Gasteiger partial charge in [-0.2, -0.15) is 0 Å². The van der Waals surface area contributed by atoms with Gasteiger partial charge in [0, 0.05) is 33.7 Å². The summed E-state index contributed by atoms with van der Waals surface area (Å²) < 4.78 is 1.96. The third-order valence-corrected chi connectivity index (χ3v) is 6.68. The lowest BCUT2D eigenvalue weighted by Gasteiger charge is -2.23. The fourth-order valence-electron chi connectivity index (χ4n) is 4.56. The van der Waals surface area contributed by atoms with E-state index in [1.807, 2.05) is 79.1 Å². The second-order valence-corrected chi connectivity index (χ2v) is 9.00. The number of anilines is 1. The Morgan fingerprint density at radius 2 is 1.51 bits per heavy atom. The van der Waals surface area contributed by atoms with Gasteiger partial charge < -0.3 is 9.88 Å². The molecule has 4 rings (SSSR count). The predicted molar refractivity (Wildman–Crippen MR) is 145 cm³/mol. The summed E-state index contributed by atoms with van der Waals surface area (Å²) in [4.78, 5) is 27.3. The van der Waals surface area contributed by atoms with Gasteiger partial charge in [-0.15, -0.1) is 0 Å². The summed E-state index contributed by atoms with van der Waals surface area (Å²) in [6.07, 6.45) is 1.53. The summed E-state index contributed by atoms with van der Waals surface area (Å²) in [7, 11) is 0. The molecule has 1 aromatic heterocycles. The first-order chi connectivity index (χ1) is 16.9. The molecule has 35 heavy (non-hydrogen) atoms. The van der Waals surface area contributed by atoms with Gasteiger partial charge in [-0.1, -0.05) is 80.0 Å². The van der Waals surface area contributed by atoms with E-state index >= 15 is 0 Å². The number of benzene rings is 3. The van der Waals surface area contributed by atoms with Crippen molar-refractivity contribution in [3.63, 3.8) is 0 Å². The first-order valence-electron chi connectivity index (χ1n) is 11.9. The molecule has 3 aromatic carbocycles. The zero-order valence-electron chi connectivity index (χ0n) is 20.5. The molecular formula is C30H29ClN2O2. The minimum absolute atomic E-state index is 0.0694. The first kappa shape index (κ1) is 24.5. The number of carbonyl (C=O) groups is 1. The standard InChI is InChI=1S/C30H29ClN2O2/c1-5-21-13-11-14-22(6-2)28(21)32-30(35)27-26(34)18-20(4)33(25-17-10-7-12-19(25)3)29(27)23-15-8-9-16-24(23)31/h7-18H,5-6H2,1-4H3,(H,32,35). The molecule has 0 saturated carbocycles. The van der Waals surface area contributed by atoms with Crippen molar-refractivity contribution in [1.82, 2.24) is 4.57 Å². The number of aromatic nitrogens is 1. The van der Waals surface area contributed by atoms with Gasteiger partial charge >= 0.3 is 0 Å². The number of hydrogen-bond donors (Lipinski definition) is 1. The fraction of sp³-hybridized carbons (Fsp3) is 0.200. The van der Waals surface area contributed by atoms with E-state index in [9.17, 15) is 9.59 Å². The van der Waals surface area contributed by atoms with Gasteiger partial charge in [0.25, 0.3) is 5.91 Å². The Labute approximate surface area is 211 Å². The van der Waals surface area contributed by atoms with Gasteiger partial charge in [0.05, 0.1) is 5.69 Å². The SMILES string of the molecule is CCc1cccc(CC)c1NC(=O)c1c(-c2ccccc2Cl)n(-c2ccccc2C)c(C)cc1=O. The summed E-state index contributed by atoms with van der Waals surface area (Å²) in [5, 5.41) is 3.55. The topological polar surface area (TPSA) is 51.1 Å². The van der Waals surface area contributed by atoms with E-state index < -0.39 is 5.91 Å². The van der Waals surface area contributed by atoms with Crippen LogP contribution in [0.5, 0.6) is 0 Å². The highest BCUT2D eigenvalue weighted by molar-refractivity contribution is 6.33. The highest BCUT2D eigenvalue weighted by atomic mass is 35.5. The van der Waals surface area contributed by atoms with Crippen molar-refractivity contribution in [1.29, 1.82) is 0 Å². The number of rotatable bonds is 6. The maximum Gasteiger partial charge on any atom is 0.261 e.